The highest BCUT2D eigenvalue weighted by molar-refractivity contribution is 7.89. The summed E-state index contributed by atoms with van der Waals surface area (Å²) in [6.07, 6.45) is -2.45. The first-order valence-corrected chi connectivity index (χ1v) is 11.9. The Morgan fingerprint density at radius 2 is 1.80 bits per heavy atom. The van der Waals surface area contributed by atoms with Crippen LogP contribution >= 0.6 is 0 Å². The largest absolute Gasteiger partial charge is 0.416 e. The Balaban J connectivity index is 1.46. The molecule has 0 amide bonds. The van der Waals surface area contributed by atoms with Crippen molar-refractivity contribution in [2.24, 2.45) is 16.7 Å². The zero-order valence-corrected chi connectivity index (χ0v) is 18.0. The third-order valence-corrected chi connectivity index (χ3v) is 9.75. The summed E-state index contributed by atoms with van der Waals surface area (Å²) in [5.41, 5.74) is -1.41. The number of carbonyl (C=O) groups is 1. The number of hydrogen-bond donors (Lipinski definition) is 0. The van der Waals surface area contributed by atoms with E-state index in [0.717, 1.165) is 18.6 Å². The molecule has 1 aromatic rings. The highest BCUT2D eigenvalue weighted by Gasteiger charge is 2.65. The molecule has 9 heteroatoms. The molecule has 0 unspecified atom stereocenters. The number of sulfonamides is 1. The van der Waals surface area contributed by atoms with E-state index in [4.69, 9.17) is 0 Å². The molecule has 1 saturated heterocycles. The lowest BCUT2D eigenvalue weighted by Gasteiger charge is -2.40. The van der Waals surface area contributed by atoms with E-state index in [2.05, 4.69) is 0 Å². The maximum atomic E-state index is 13.2. The van der Waals surface area contributed by atoms with Crippen LogP contribution in [0.4, 0.5) is 18.9 Å². The molecule has 3 fully saturated rings. The summed E-state index contributed by atoms with van der Waals surface area (Å²) in [5, 5.41) is 0. The third-order valence-electron chi connectivity index (χ3n) is 7.74. The van der Waals surface area contributed by atoms with Crippen LogP contribution in [0.2, 0.25) is 0 Å². The second-order valence-corrected chi connectivity index (χ2v) is 11.3. The number of nitrogens with zero attached hydrogens (tertiary/aromatic N) is 2. The van der Waals surface area contributed by atoms with E-state index < -0.39 is 27.2 Å². The highest BCUT2D eigenvalue weighted by atomic mass is 32.2. The maximum absolute atomic E-state index is 13.2. The van der Waals surface area contributed by atoms with Gasteiger partial charge in [0.2, 0.25) is 10.0 Å². The van der Waals surface area contributed by atoms with Gasteiger partial charge in [-0.1, -0.05) is 19.9 Å². The molecule has 4 rings (SSSR count). The van der Waals surface area contributed by atoms with Crippen LogP contribution in [0, 0.1) is 16.7 Å². The van der Waals surface area contributed by atoms with E-state index >= 15 is 0 Å². The first-order chi connectivity index (χ1) is 13.9. The van der Waals surface area contributed by atoms with Crippen molar-refractivity contribution in [1.29, 1.82) is 0 Å². The molecular weight excluding hydrogens is 417 g/mol. The molecule has 30 heavy (non-hydrogen) atoms. The predicted octanol–water partition coefficient (Wildman–Crippen LogP) is 3.55. The lowest BCUT2D eigenvalue weighted by Crippen LogP contribution is -2.52. The molecular formula is C21H27F3N2O3S. The number of hydrogen-bond acceptors (Lipinski definition) is 4. The van der Waals surface area contributed by atoms with Crippen LogP contribution in [0.25, 0.3) is 0 Å². The number of piperazine rings is 1. The van der Waals surface area contributed by atoms with Gasteiger partial charge in [-0.2, -0.15) is 17.5 Å². The van der Waals surface area contributed by atoms with E-state index in [9.17, 15) is 26.4 Å². The highest BCUT2D eigenvalue weighted by Crippen LogP contribution is 2.64. The van der Waals surface area contributed by atoms with Gasteiger partial charge in [-0.15, -0.1) is 0 Å². The summed E-state index contributed by atoms with van der Waals surface area (Å²) in [6, 6.07) is 5.10. The Hall–Kier alpha value is -1.61. The van der Waals surface area contributed by atoms with Crippen molar-refractivity contribution in [2.75, 3.05) is 36.8 Å². The number of alkyl halides is 3. The lowest BCUT2D eigenvalue weighted by molar-refractivity contribution is -0.137. The minimum absolute atomic E-state index is 0.0647. The van der Waals surface area contributed by atoms with Gasteiger partial charge in [0, 0.05) is 43.7 Å². The molecule has 166 valence electrons. The first kappa shape index (κ1) is 21.6. The van der Waals surface area contributed by atoms with E-state index in [-0.39, 0.29) is 36.0 Å². The van der Waals surface area contributed by atoms with Crippen LogP contribution in [0.15, 0.2) is 24.3 Å². The molecule has 2 saturated carbocycles. The number of Topliss-reactive ketones (excluding diaryl/α,β-unsaturated/α-hetero) is 1. The zero-order chi connectivity index (χ0) is 21.9. The van der Waals surface area contributed by atoms with Crippen molar-refractivity contribution in [3.05, 3.63) is 29.8 Å². The molecule has 5 nitrogen and oxygen atoms in total. The normalized spacial score (nSPS) is 29.6. The van der Waals surface area contributed by atoms with E-state index in [1.807, 2.05) is 13.8 Å². The molecule has 3 aliphatic rings. The molecule has 0 radical (unpaired) electrons. The van der Waals surface area contributed by atoms with Crippen LogP contribution in [-0.4, -0.2) is 50.4 Å². The molecule has 1 aliphatic heterocycles. The Morgan fingerprint density at radius 1 is 1.13 bits per heavy atom. The van der Waals surface area contributed by atoms with Crippen LogP contribution < -0.4 is 4.90 Å². The summed E-state index contributed by atoms with van der Waals surface area (Å²) in [6.45, 7) is 5.05. The second kappa shape index (κ2) is 6.95. The summed E-state index contributed by atoms with van der Waals surface area (Å²) in [7, 11) is -3.65. The molecule has 1 heterocycles. The van der Waals surface area contributed by atoms with E-state index in [1.165, 1.54) is 10.4 Å². The van der Waals surface area contributed by atoms with Crippen LogP contribution in [0.1, 0.15) is 38.7 Å². The Kier molecular flexibility index (Phi) is 5.01. The van der Waals surface area contributed by atoms with E-state index in [1.54, 1.807) is 11.0 Å². The van der Waals surface area contributed by atoms with Gasteiger partial charge in [0.15, 0.2) is 0 Å². The van der Waals surface area contributed by atoms with Gasteiger partial charge >= 0.3 is 6.18 Å². The van der Waals surface area contributed by atoms with Gasteiger partial charge in [0.1, 0.15) is 5.78 Å². The smallest absolute Gasteiger partial charge is 0.369 e. The molecule has 0 spiro atoms. The summed E-state index contributed by atoms with van der Waals surface area (Å²) in [5.74, 6) is 0.152. The molecule has 1 aromatic carbocycles. The number of anilines is 1. The molecule has 0 aromatic heterocycles. The van der Waals surface area contributed by atoms with Crippen molar-refractivity contribution in [3.63, 3.8) is 0 Å². The number of benzene rings is 1. The number of rotatable bonds is 4. The van der Waals surface area contributed by atoms with Gasteiger partial charge in [-0.05, 0) is 42.4 Å². The van der Waals surface area contributed by atoms with Gasteiger partial charge in [-0.25, -0.2) is 8.42 Å². The average molecular weight is 445 g/mol. The fourth-order valence-corrected chi connectivity index (χ4v) is 7.82. The quantitative estimate of drug-likeness (QED) is 0.713. The topological polar surface area (TPSA) is 57.7 Å². The molecule has 0 N–H and O–H groups in total. The molecule has 2 bridgehead atoms. The second-order valence-electron chi connectivity index (χ2n) is 9.36. The standard InChI is InChI=1S/C21H27F3N2O3S/c1-19(2)15-6-7-20(19,18(27)13-15)14-30(28,29)26-10-8-25(9-11-26)17-5-3-4-16(12-17)21(22,23)24/h3-5,12,15H,6-11,13-14H2,1-2H3/t15-,20-/m1/s1. The predicted molar refractivity (Wildman–Crippen MR) is 108 cm³/mol. The molecule has 2 atom stereocenters. The minimum Gasteiger partial charge on any atom is -0.369 e. The fraction of sp³-hybridized carbons (Fsp3) is 0.667. The average Bonchev–Trinajstić information content (AvgIpc) is 3.01. The first-order valence-electron chi connectivity index (χ1n) is 10.3. The Morgan fingerprint density at radius 3 is 2.33 bits per heavy atom. The minimum atomic E-state index is -4.42. The van der Waals surface area contributed by atoms with Crippen LogP contribution in [0.5, 0.6) is 0 Å². The van der Waals surface area contributed by atoms with Crippen molar-refractivity contribution in [3.8, 4) is 0 Å². The van der Waals surface area contributed by atoms with Crippen molar-refractivity contribution < 1.29 is 26.4 Å². The third kappa shape index (κ3) is 3.34. The lowest BCUT2D eigenvalue weighted by atomic mass is 9.70. The number of fused-ring (bicyclic) bond motifs is 2. The Bertz CT molecular complexity index is 952. The zero-order valence-electron chi connectivity index (χ0n) is 17.2. The molecule has 2 aliphatic carbocycles. The van der Waals surface area contributed by atoms with E-state index in [0.29, 0.717) is 31.6 Å². The number of ketones is 1. The summed E-state index contributed by atoms with van der Waals surface area (Å²) < 4.78 is 66.7. The Labute approximate surface area is 175 Å². The SMILES string of the molecule is CC1(C)[C@@H]2CC[C@@]1(CS(=O)(=O)N1CCN(c3cccc(C(F)(F)F)c3)CC1)C(=O)C2. The van der Waals surface area contributed by atoms with Crippen molar-refractivity contribution in [1.82, 2.24) is 4.31 Å². The monoisotopic (exact) mass is 444 g/mol. The summed E-state index contributed by atoms with van der Waals surface area (Å²) in [4.78, 5) is 14.5. The fourth-order valence-electron chi connectivity index (χ4n) is 5.61. The number of carbonyl (C=O) groups excluding carboxylic acids is 1. The van der Waals surface area contributed by atoms with Crippen LogP contribution in [-0.2, 0) is 21.0 Å². The number of halogens is 3. The van der Waals surface area contributed by atoms with Gasteiger partial charge < -0.3 is 4.90 Å². The van der Waals surface area contributed by atoms with Crippen molar-refractivity contribution >= 4 is 21.5 Å². The van der Waals surface area contributed by atoms with Gasteiger partial charge in [0.25, 0.3) is 0 Å². The van der Waals surface area contributed by atoms with Crippen molar-refractivity contribution in [2.45, 2.75) is 39.3 Å². The summed E-state index contributed by atoms with van der Waals surface area (Å²) >= 11 is 0. The van der Waals surface area contributed by atoms with Gasteiger partial charge in [-0.3, -0.25) is 4.79 Å². The van der Waals surface area contributed by atoms with Gasteiger partial charge in [0.05, 0.1) is 11.3 Å². The van der Waals surface area contributed by atoms with Crippen LogP contribution in [0.3, 0.4) is 0 Å². The maximum Gasteiger partial charge on any atom is 0.416 e.